The third-order valence-electron chi connectivity index (χ3n) is 4.98. The van der Waals surface area contributed by atoms with Crippen molar-refractivity contribution in [2.24, 2.45) is 0 Å². The molecule has 2 fully saturated rings. The zero-order valence-electron chi connectivity index (χ0n) is 12.6. The molecule has 2 aliphatic carbocycles. The molecule has 3 nitrogen and oxygen atoms in total. The monoisotopic (exact) mass is 301 g/mol. The van der Waals surface area contributed by atoms with Gasteiger partial charge in [0.15, 0.2) is 0 Å². The zero-order valence-corrected chi connectivity index (χ0v) is 13.4. The maximum atomic E-state index is 5.94. The summed E-state index contributed by atoms with van der Waals surface area (Å²) < 4.78 is 2.56. The van der Waals surface area contributed by atoms with Gasteiger partial charge in [0.1, 0.15) is 5.82 Å². The van der Waals surface area contributed by atoms with Gasteiger partial charge in [0, 0.05) is 22.9 Å². The molecule has 2 N–H and O–H groups in total. The Labute approximate surface area is 130 Å². The summed E-state index contributed by atoms with van der Waals surface area (Å²) in [5.41, 5.74) is 9.14. The Hall–Kier alpha value is -1.16. The van der Waals surface area contributed by atoms with Gasteiger partial charge >= 0.3 is 0 Å². The number of anilines is 1. The highest BCUT2D eigenvalue weighted by molar-refractivity contribution is 7.99. The molecule has 2 aromatic rings. The Balaban J connectivity index is 1.80. The van der Waals surface area contributed by atoms with Gasteiger partial charge in [0.25, 0.3) is 0 Å². The molecule has 2 saturated carbocycles. The quantitative estimate of drug-likeness (QED) is 0.858. The molecule has 21 heavy (non-hydrogen) atoms. The van der Waals surface area contributed by atoms with Gasteiger partial charge in [0.05, 0.1) is 11.0 Å². The van der Waals surface area contributed by atoms with E-state index < -0.39 is 0 Å². The predicted octanol–water partition coefficient (Wildman–Crippen LogP) is 4.34. The number of hydrogen-bond donors (Lipinski definition) is 1. The van der Waals surface area contributed by atoms with Crippen molar-refractivity contribution in [3.63, 3.8) is 0 Å². The first-order chi connectivity index (χ1) is 10.3. The van der Waals surface area contributed by atoms with Crippen LogP contribution < -0.4 is 5.73 Å². The van der Waals surface area contributed by atoms with Crippen molar-refractivity contribution in [3.05, 3.63) is 24.0 Å². The predicted molar refractivity (Wildman–Crippen MR) is 90.9 cm³/mol. The fraction of sp³-hybridized carbons (Fsp3) is 0.588. The van der Waals surface area contributed by atoms with E-state index in [-0.39, 0.29) is 0 Å². The molecule has 2 aliphatic rings. The number of imidazole rings is 1. The van der Waals surface area contributed by atoms with E-state index in [1.165, 1.54) is 49.9 Å². The number of fused-ring (bicyclic) bond motifs is 1. The molecular weight excluding hydrogens is 278 g/mol. The van der Waals surface area contributed by atoms with E-state index in [1.54, 1.807) is 0 Å². The normalized spacial score (nSPS) is 26.3. The molecule has 2 unspecified atom stereocenters. The van der Waals surface area contributed by atoms with Crippen molar-refractivity contribution in [1.29, 1.82) is 0 Å². The minimum Gasteiger partial charge on any atom is -0.399 e. The van der Waals surface area contributed by atoms with Gasteiger partial charge in [0.2, 0.25) is 0 Å². The van der Waals surface area contributed by atoms with Crippen LogP contribution in [0.1, 0.15) is 56.3 Å². The zero-order chi connectivity index (χ0) is 14.4. The molecular formula is C17H23N3S. The minimum atomic E-state index is 0.625. The lowest BCUT2D eigenvalue weighted by Gasteiger charge is -2.30. The second-order valence-corrected chi connectivity index (χ2v) is 7.68. The Morgan fingerprint density at radius 2 is 2.10 bits per heavy atom. The van der Waals surface area contributed by atoms with E-state index in [2.05, 4.69) is 16.9 Å². The smallest absolute Gasteiger partial charge is 0.113 e. The summed E-state index contributed by atoms with van der Waals surface area (Å²) in [6.45, 7) is 0. The average Bonchev–Trinajstić information content (AvgIpc) is 3.28. The second kappa shape index (κ2) is 5.24. The van der Waals surface area contributed by atoms with E-state index in [4.69, 9.17) is 10.7 Å². The molecule has 112 valence electrons. The first-order valence-electron chi connectivity index (χ1n) is 8.06. The Morgan fingerprint density at radius 3 is 2.86 bits per heavy atom. The maximum absolute atomic E-state index is 5.94. The molecule has 4 heteroatoms. The van der Waals surface area contributed by atoms with E-state index in [9.17, 15) is 0 Å². The highest BCUT2D eigenvalue weighted by Crippen LogP contribution is 2.44. The van der Waals surface area contributed by atoms with E-state index in [0.29, 0.717) is 12.0 Å². The lowest BCUT2D eigenvalue weighted by atomic mass is 9.94. The van der Waals surface area contributed by atoms with Crippen LogP contribution in [0.2, 0.25) is 0 Å². The molecule has 1 heterocycles. The van der Waals surface area contributed by atoms with E-state index >= 15 is 0 Å². The number of nitrogens with two attached hydrogens (primary N) is 1. The minimum absolute atomic E-state index is 0.625. The summed E-state index contributed by atoms with van der Waals surface area (Å²) in [5.74, 6) is 2.01. The van der Waals surface area contributed by atoms with Crippen LogP contribution >= 0.6 is 11.8 Å². The van der Waals surface area contributed by atoms with Crippen molar-refractivity contribution < 1.29 is 0 Å². The lowest BCUT2D eigenvalue weighted by Crippen LogP contribution is -2.22. The summed E-state index contributed by atoms with van der Waals surface area (Å²) in [5, 5.41) is 0.807. The fourth-order valence-corrected chi connectivity index (χ4v) is 4.53. The van der Waals surface area contributed by atoms with Crippen LogP contribution in [-0.2, 0) is 0 Å². The Morgan fingerprint density at radius 1 is 1.24 bits per heavy atom. The van der Waals surface area contributed by atoms with Crippen molar-refractivity contribution >= 4 is 28.5 Å². The van der Waals surface area contributed by atoms with Crippen molar-refractivity contribution in [1.82, 2.24) is 9.55 Å². The van der Waals surface area contributed by atoms with E-state index in [0.717, 1.165) is 16.5 Å². The molecule has 0 saturated heterocycles. The summed E-state index contributed by atoms with van der Waals surface area (Å²) in [7, 11) is 0. The Bertz CT molecular complexity index is 659. The molecule has 0 bridgehead atoms. The molecule has 0 aliphatic heterocycles. The van der Waals surface area contributed by atoms with Crippen molar-refractivity contribution in [2.45, 2.75) is 55.7 Å². The first kappa shape index (κ1) is 13.5. The number of hydrogen-bond acceptors (Lipinski definition) is 3. The first-order valence-corrected chi connectivity index (χ1v) is 9.35. The number of nitrogens with zero attached hydrogens (tertiary/aromatic N) is 2. The second-order valence-electron chi connectivity index (χ2n) is 6.54. The van der Waals surface area contributed by atoms with Gasteiger partial charge in [-0.15, -0.1) is 0 Å². The largest absolute Gasteiger partial charge is 0.399 e. The average molecular weight is 301 g/mol. The van der Waals surface area contributed by atoms with E-state index in [1.807, 2.05) is 23.9 Å². The Kier molecular flexibility index (Phi) is 3.37. The highest BCUT2D eigenvalue weighted by Gasteiger charge is 2.33. The third kappa shape index (κ3) is 2.44. The van der Waals surface area contributed by atoms with Gasteiger partial charge in [-0.25, -0.2) is 4.98 Å². The van der Waals surface area contributed by atoms with Crippen LogP contribution in [-0.4, -0.2) is 21.1 Å². The van der Waals surface area contributed by atoms with Crippen molar-refractivity contribution in [2.75, 3.05) is 12.0 Å². The molecule has 1 aromatic carbocycles. The summed E-state index contributed by atoms with van der Waals surface area (Å²) >= 11 is 2.03. The summed E-state index contributed by atoms with van der Waals surface area (Å²) in [4.78, 5) is 4.94. The standard InChI is InChI=1S/C17H23N3S/c1-21-14-4-2-3-13(10-14)20-16-8-7-12(18)9-15(16)19-17(20)11-5-6-11/h7-9,11,13-14H,2-6,10,18H2,1H3. The molecule has 2 atom stereocenters. The lowest BCUT2D eigenvalue weighted by molar-refractivity contribution is 0.360. The van der Waals surface area contributed by atoms with Crippen LogP contribution in [0, 0.1) is 0 Å². The molecule has 0 radical (unpaired) electrons. The SMILES string of the molecule is CSC1CCCC(n2c(C3CC3)nc3cc(N)ccc32)C1. The van der Waals surface area contributed by atoms with Crippen LogP contribution in [0.5, 0.6) is 0 Å². The van der Waals surface area contributed by atoms with Gasteiger partial charge in [-0.1, -0.05) is 6.42 Å². The number of aromatic nitrogens is 2. The third-order valence-corrected chi connectivity index (χ3v) is 6.08. The van der Waals surface area contributed by atoms with Gasteiger partial charge in [-0.05, 0) is 56.6 Å². The number of rotatable bonds is 3. The molecule has 0 amide bonds. The highest BCUT2D eigenvalue weighted by atomic mass is 32.2. The molecule has 4 rings (SSSR count). The summed E-state index contributed by atoms with van der Waals surface area (Å²) in [6.07, 6.45) is 10.2. The van der Waals surface area contributed by atoms with Gasteiger partial charge < -0.3 is 10.3 Å². The number of benzene rings is 1. The van der Waals surface area contributed by atoms with Crippen LogP contribution in [0.3, 0.4) is 0 Å². The van der Waals surface area contributed by atoms with Crippen LogP contribution in [0.15, 0.2) is 18.2 Å². The fourth-order valence-electron chi connectivity index (χ4n) is 3.72. The van der Waals surface area contributed by atoms with Gasteiger partial charge in [-0.2, -0.15) is 11.8 Å². The van der Waals surface area contributed by atoms with Crippen LogP contribution in [0.25, 0.3) is 11.0 Å². The number of nitrogen functional groups attached to an aromatic ring is 1. The van der Waals surface area contributed by atoms with Crippen LogP contribution in [0.4, 0.5) is 5.69 Å². The maximum Gasteiger partial charge on any atom is 0.113 e. The number of thioether (sulfide) groups is 1. The molecule has 1 aromatic heterocycles. The molecule has 0 spiro atoms. The van der Waals surface area contributed by atoms with Crippen molar-refractivity contribution in [3.8, 4) is 0 Å². The van der Waals surface area contributed by atoms with Gasteiger partial charge in [-0.3, -0.25) is 0 Å². The topological polar surface area (TPSA) is 43.8 Å². The summed E-state index contributed by atoms with van der Waals surface area (Å²) in [6, 6.07) is 6.85.